The van der Waals surface area contributed by atoms with Gasteiger partial charge in [0.05, 0.1) is 11.4 Å². The molecule has 0 spiro atoms. The number of nitrogens with two attached hydrogens (primary N) is 1. The highest BCUT2D eigenvalue weighted by atomic mass is 32.1. The van der Waals surface area contributed by atoms with Crippen LogP contribution in [0.25, 0.3) is 20.4 Å². The van der Waals surface area contributed by atoms with Crippen LogP contribution in [0.15, 0.2) is 12.1 Å². The summed E-state index contributed by atoms with van der Waals surface area (Å²) in [5.41, 5.74) is 11.7. The summed E-state index contributed by atoms with van der Waals surface area (Å²) in [6.07, 6.45) is 0. The lowest BCUT2D eigenvalue weighted by molar-refractivity contribution is 0.103. The van der Waals surface area contributed by atoms with Crippen molar-refractivity contribution < 1.29 is 4.79 Å². The van der Waals surface area contributed by atoms with E-state index in [2.05, 4.69) is 15.3 Å². The highest BCUT2D eigenvalue weighted by Gasteiger charge is 2.22. The molecule has 4 heterocycles. The van der Waals surface area contributed by atoms with Crippen molar-refractivity contribution in [3.05, 3.63) is 44.4 Å². The molecule has 27 heavy (non-hydrogen) atoms. The van der Waals surface area contributed by atoms with Crippen molar-refractivity contribution in [3.63, 3.8) is 0 Å². The maximum Gasteiger partial charge on any atom is 0.268 e. The second-order valence-electron chi connectivity index (χ2n) is 6.85. The number of aryl methyl sites for hydroxylation is 5. The lowest BCUT2D eigenvalue weighted by Gasteiger charge is -2.07. The van der Waals surface area contributed by atoms with E-state index in [9.17, 15) is 4.79 Å². The zero-order valence-corrected chi connectivity index (χ0v) is 17.5. The molecule has 0 aromatic carbocycles. The molecule has 0 unspecified atom stereocenters. The monoisotopic (exact) mass is 396 g/mol. The molecule has 4 aromatic rings. The standard InChI is InChI=1S/C20H20N4OS2/c1-8-6-10(3)22-19-13(8)15(21)17(27-19)18(25)24-16-12(5)26-20-14(16)9(2)7-11(4)23-20/h6-7H,21H2,1-5H3,(H,24,25). The van der Waals surface area contributed by atoms with Crippen molar-refractivity contribution in [2.75, 3.05) is 11.1 Å². The van der Waals surface area contributed by atoms with E-state index in [4.69, 9.17) is 5.73 Å². The fraction of sp³-hybridized carbons (Fsp3) is 0.250. The van der Waals surface area contributed by atoms with Crippen LogP contribution in [0, 0.1) is 34.6 Å². The van der Waals surface area contributed by atoms with Crippen LogP contribution in [0.5, 0.6) is 0 Å². The number of anilines is 2. The number of rotatable bonds is 2. The number of fused-ring (bicyclic) bond motifs is 2. The van der Waals surface area contributed by atoms with Crippen molar-refractivity contribution in [3.8, 4) is 0 Å². The first-order valence-corrected chi connectivity index (χ1v) is 10.2. The van der Waals surface area contributed by atoms with Gasteiger partial charge in [-0.25, -0.2) is 9.97 Å². The van der Waals surface area contributed by atoms with Crippen LogP contribution < -0.4 is 11.1 Å². The third-order valence-corrected chi connectivity index (χ3v) is 6.73. The Balaban J connectivity index is 1.81. The first kappa shape index (κ1) is 17.9. The molecule has 0 saturated heterocycles. The second kappa shape index (κ2) is 6.28. The van der Waals surface area contributed by atoms with E-state index in [1.165, 1.54) is 11.3 Å². The third kappa shape index (κ3) is 2.87. The Morgan fingerprint density at radius 1 is 0.926 bits per heavy atom. The second-order valence-corrected chi connectivity index (χ2v) is 9.06. The molecule has 1 amide bonds. The fourth-order valence-corrected chi connectivity index (χ4v) is 5.72. The first-order chi connectivity index (χ1) is 12.8. The molecule has 138 valence electrons. The predicted molar refractivity (Wildman–Crippen MR) is 115 cm³/mol. The summed E-state index contributed by atoms with van der Waals surface area (Å²) >= 11 is 2.93. The average molecular weight is 397 g/mol. The Morgan fingerprint density at radius 2 is 1.48 bits per heavy atom. The van der Waals surface area contributed by atoms with Gasteiger partial charge in [-0.15, -0.1) is 22.7 Å². The van der Waals surface area contributed by atoms with Gasteiger partial charge in [-0.1, -0.05) is 0 Å². The summed E-state index contributed by atoms with van der Waals surface area (Å²) in [5, 5.41) is 4.95. The maximum atomic E-state index is 13.0. The predicted octanol–water partition coefficient (Wildman–Crippen LogP) is 5.28. The van der Waals surface area contributed by atoms with Crippen molar-refractivity contribution in [2.24, 2.45) is 0 Å². The Hall–Kier alpha value is -2.51. The number of hydrogen-bond acceptors (Lipinski definition) is 6. The minimum Gasteiger partial charge on any atom is -0.397 e. The molecule has 0 saturated carbocycles. The number of nitrogen functional groups attached to an aromatic ring is 1. The van der Waals surface area contributed by atoms with Gasteiger partial charge in [0.15, 0.2) is 0 Å². The number of pyridine rings is 2. The van der Waals surface area contributed by atoms with Crippen molar-refractivity contribution in [2.45, 2.75) is 34.6 Å². The van der Waals surface area contributed by atoms with Crippen LogP contribution in [-0.4, -0.2) is 15.9 Å². The summed E-state index contributed by atoms with van der Waals surface area (Å²) in [6, 6.07) is 4.02. The minimum atomic E-state index is -0.199. The number of aromatic nitrogens is 2. The van der Waals surface area contributed by atoms with Gasteiger partial charge >= 0.3 is 0 Å². The highest BCUT2D eigenvalue weighted by molar-refractivity contribution is 7.21. The van der Waals surface area contributed by atoms with Gasteiger partial charge in [0.1, 0.15) is 14.5 Å². The van der Waals surface area contributed by atoms with Crippen LogP contribution in [-0.2, 0) is 0 Å². The Kier molecular flexibility index (Phi) is 4.16. The van der Waals surface area contributed by atoms with Gasteiger partial charge in [-0.3, -0.25) is 4.79 Å². The van der Waals surface area contributed by atoms with E-state index in [1.54, 1.807) is 11.3 Å². The normalized spacial score (nSPS) is 11.4. The third-order valence-electron chi connectivity index (χ3n) is 4.63. The first-order valence-electron chi connectivity index (χ1n) is 8.61. The molecular weight excluding hydrogens is 376 g/mol. The molecule has 4 rings (SSSR count). The maximum absolute atomic E-state index is 13.0. The lowest BCUT2D eigenvalue weighted by Crippen LogP contribution is -2.12. The largest absolute Gasteiger partial charge is 0.397 e. The number of amides is 1. The molecule has 0 aliphatic heterocycles. The van der Waals surface area contributed by atoms with Crippen molar-refractivity contribution in [1.29, 1.82) is 0 Å². The molecule has 3 N–H and O–H groups in total. The summed E-state index contributed by atoms with van der Waals surface area (Å²) in [4.78, 5) is 25.5. The van der Waals surface area contributed by atoms with Crippen molar-refractivity contribution >= 4 is 60.4 Å². The van der Waals surface area contributed by atoms with Gasteiger partial charge in [0.25, 0.3) is 5.91 Å². The number of hydrogen-bond donors (Lipinski definition) is 2. The van der Waals surface area contributed by atoms with Crippen LogP contribution in [0.2, 0.25) is 0 Å². The Morgan fingerprint density at radius 3 is 2.11 bits per heavy atom. The molecule has 4 aromatic heterocycles. The van der Waals surface area contributed by atoms with Gasteiger partial charge in [0.2, 0.25) is 0 Å². The fourth-order valence-electron chi connectivity index (χ4n) is 3.51. The van der Waals surface area contributed by atoms with Crippen LogP contribution >= 0.6 is 22.7 Å². The summed E-state index contributed by atoms with van der Waals surface area (Å²) in [5.74, 6) is -0.199. The van der Waals surface area contributed by atoms with Crippen LogP contribution in [0.1, 0.15) is 37.1 Å². The molecule has 0 atom stereocenters. The van der Waals surface area contributed by atoms with Crippen molar-refractivity contribution in [1.82, 2.24) is 9.97 Å². The number of carbonyl (C=O) groups excluding carboxylic acids is 1. The van der Waals surface area contributed by atoms with Crippen LogP contribution in [0.3, 0.4) is 0 Å². The molecule has 7 heteroatoms. The Labute approximate surface area is 165 Å². The zero-order chi connectivity index (χ0) is 19.5. The molecule has 0 radical (unpaired) electrons. The zero-order valence-electron chi connectivity index (χ0n) is 15.9. The van der Waals surface area contributed by atoms with E-state index >= 15 is 0 Å². The molecule has 0 fully saturated rings. The summed E-state index contributed by atoms with van der Waals surface area (Å²) < 4.78 is 0. The number of nitrogens with one attached hydrogen (secondary N) is 1. The van der Waals surface area contributed by atoms with Gasteiger partial charge < -0.3 is 11.1 Å². The smallest absolute Gasteiger partial charge is 0.268 e. The SMILES string of the molecule is Cc1cc(C)c2c(N)c(C(=O)Nc3c(C)sc4nc(C)cc(C)c34)sc2n1. The summed E-state index contributed by atoms with van der Waals surface area (Å²) in [7, 11) is 0. The van der Waals surface area contributed by atoms with E-state index < -0.39 is 0 Å². The van der Waals surface area contributed by atoms with E-state index in [0.717, 1.165) is 53.5 Å². The quantitative estimate of drug-likeness (QED) is 0.483. The minimum absolute atomic E-state index is 0.199. The van der Waals surface area contributed by atoms with Crippen LogP contribution in [0.4, 0.5) is 11.4 Å². The topological polar surface area (TPSA) is 80.9 Å². The average Bonchev–Trinajstić information content (AvgIpc) is 3.04. The van der Waals surface area contributed by atoms with E-state index in [-0.39, 0.29) is 5.91 Å². The molecule has 0 aliphatic carbocycles. The van der Waals surface area contributed by atoms with E-state index in [0.29, 0.717) is 10.6 Å². The number of nitrogens with zero attached hydrogens (tertiary/aromatic N) is 2. The van der Waals surface area contributed by atoms with Gasteiger partial charge in [-0.05, 0) is 57.9 Å². The van der Waals surface area contributed by atoms with Gasteiger partial charge in [0, 0.05) is 27.0 Å². The number of thiophene rings is 2. The summed E-state index contributed by atoms with van der Waals surface area (Å²) in [6.45, 7) is 9.97. The van der Waals surface area contributed by atoms with E-state index in [1.807, 2.05) is 46.8 Å². The highest BCUT2D eigenvalue weighted by Crippen LogP contribution is 2.39. The molecule has 0 bridgehead atoms. The lowest BCUT2D eigenvalue weighted by atomic mass is 10.1. The number of carbonyl (C=O) groups is 1. The molecular formula is C20H20N4OS2. The Bertz CT molecular complexity index is 1240. The molecule has 5 nitrogen and oxygen atoms in total. The van der Waals surface area contributed by atoms with Gasteiger partial charge in [-0.2, -0.15) is 0 Å². The molecule has 0 aliphatic rings.